The molecule has 2 rings (SSSR count). The number of nitrogens with zero attached hydrogens (tertiary/aromatic N) is 2. The molecule has 0 aliphatic carbocycles. The second kappa shape index (κ2) is 6.81. The highest BCUT2D eigenvalue weighted by atomic mass is 19.1. The Morgan fingerprint density at radius 3 is 2.27 bits per heavy atom. The van der Waals surface area contributed by atoms with Crippen LogP contribution in [0.25, 0.3) is 0 Å². The van der Waals surface area contributed by atoms with Crippen molar-refractivity contribution < 1.29 is 8.78 Å². The minimum absolute atomic E-state index is 0.269. The number of anilines is 1. The van der Waals surface area contributed by atoms with Gasteiger partial charge in [0.2, 0.25) is 0 Å². The molecule has 1 N–H and O–H groups in total. The van der Waals surface area contributed by atoms with Gasteiger partial charge in [-0.25, -0.2) is 8.78 Å². The summed E-state index contributed by atoms with van der Waals surface area (Å²) in [5.74, 6) is -0.517. The van der Waals surface area contributed by atoms with Crippen molar-refractivity contribution in [3.63, 3.8) is 0 Å². The number of aromatic nitrogens is 2. The Hall–Kier alpha value is -2.04. The molecular formula is C17H21F2N3. The number of rotatable bonds is 5. The fraction of sp³-hybridized carbons (Fsp3) is 0.412. The van der Waals surface area contributed by atoms with E-state index in [9.17, 15) is 8.78 Å². The first-order chi connectivity index (χ1) is 10.4. The lowest BCUT2D eigenvalue weighted by Crippen LogP contribution is -2.12. The number of aryl methyl sites for hydroxylation is 1. The maximum Gasteiger partial charge on any atom is 0.152 e. The molecule has 0 spiro atoms. The molecule has 1 atom stereocenters. The second-order valence-electron chi connectivity index (χ2n) is 5.56. The molecule has 22 heavy (non-hydrogen) atoms. The molecule has 0 bridgehead atoms. The van der Waals surface area contributed by atoms with Gasteiger partial charge >= 0.3 is 0 Å². The highest BCUT2D eigenvalue weighted by Gasteiger charge is 2.13. The second-order valence-corrected chi connectivity index (χ2v) is 5.56. The predicted molar refractivity (Wildman–Crippen MR) is 83.9 cm³/mol. The summed E-state index contributed by atoms with van der Waals surface area (Å²) in [7, 11) is 0. The molecule has 2 aromatic rings. The summed E-state index contributed by atoms with van der Waals surface area (Å²) < 4.78 is 26.6. The Morgan fingerprint density at radius 1 is 1.05 bits per heavy atom. The molecule has 0 saturated heterocycles. The standard InChI is InChI=1S/C17H21F2N3/c1-5-6-16-10(2)11(3)17(22-21-16)20-12(4)13-7-14(18)9-15(19)8-13/h7-9,12H,5-6H2,1-4H3,(H,20,22)/t12-/m0/s1. The summed E-state index contributed by atoms with van der Waals surface area (Å²) >= 11 is 0. The summed E-state index contributed by atoms with van der Waals surface area (Å²) in [6, 6.07) is 3.24. The van der Waals surface area contributed by atoms with Crippen molar-refractivity contribution in [2.45, 2.75) is 46.6 Å². The average molecular weight is 305 g/mol. The van der Waals surface area contributed by atoms with Crippen LogP contribution in [-0.4, -0.2) is 10.2 Å². The molecular weight excluding hydrogens is 284 g/mol. The van der Waals surface area contributed by atoms with E-state index in [2.05, 4.69) is 22.4 Å². The number of hydrogen-bond acceptors (Lipinski definition) is 3. The normalized spacial score (nSPS) is 12.3. The van der Waals surface area contributed by atoms with Gasteiger partial charge in [-0.3, -0.25) is 0 Å². The first-order valence-corrected chi connectivity index (χ1v) is 7.47. The van der Waals surface area contributed by atoms with E-state index in [0.29, 0.717) is 11.4 Å². The molecule has 0 saturated carbocycles. The molecule has 5 heteroatoms. The summed E-state index contributed by atoms with van der Waals surface area (Å²) in [5.41, 5.74) is 3.66. The van der Waals surface area contributed by atoms with Crippen molar-refractivity contribution in [2.24, 2.45) is 0 Å². The molecule has 1 heterocycles. The quantitative estimate of drug-likeness (QED) is 0.884. The maximum absolute atomic E-state index is 13.3. The molecule has 0 unspecified atom stereocenters. The largest absolute Gasteiger partial charge is 0.362 e. The summed E-state index contributed by atoms with van der Waals surface area (Å²) in [4.78, 5) is 0. The third-order valence-electron chi connectivity index (χ3n) is 3.85. The van der Waals surface area contributed by atoms with Crippen LogP contribution in [0.5, 0.6) is 0 Å². The number of nitrogens with one attached hydrogen (secondary N) is 1. The van der Waals surface area contributed by atoms with Gasteiger partial charge in [-0.15, -0.1) is 5.10 Å². The lowest BCUT2D eigenvalue weighted by Gasteiger charge is -2.18. The van der Waals surface area contributed by atoms with E-state index < -0.39 is 11.6 Å². The van der Waals surface area contributed by atoms with E-state index in [4.69, 9.17) is 0 Å². The fourth-order valence-electron chi connectivity index (χ4n) is 2.38. The number of halogens is 2. The van der Waals surface area contributed by atoms with Gasteiger partial charge in [0.1, 0.15) is 11.6 Å². The van der Waals surface area contributed by atoms with Crippen LogP contribution in [0.4, 0.5) is 14.6 Å². The van der Waals surface area contributed by atoms with Crippen molar-refractivity contribution in [2.75, 3.05) is 5.32 Å². The fourth-order valence-corrected chi connectivity index (χ4v) is 2.38. The lowest BCUT2D eigenvalue weighted by atomic mass is 10.1. The first kappa shape index (κ1) is 16.3. The zero-order valence-corrected chi connectivity index (χ0v) is 13.4. The highest BCUT2D eigenvalue weighted by Crippen LogP contribution is 2.24. The zero-order valence-electron chi connectivity index (χ0n) is 13.4. The van der Waals surface area contributed by atoms with Crippen LogP contribution in [0, 0.1) is 25.5 Å². The number of hydrogen-bond donors (Lipinski definition) is 1. The monoisotopic (exact) mass is 305 g/mol. The van der Waals surface area contributed by atoms with Gasteiger partial charge in [-0.1, -0.05) is 13.3 Å². The van der Waals surface area contributed by atoms with Crippen LogP contribution in [0.2, 0.25) is 0 Å². The third-order valence-corrected chi connectivity index (χ3v) is 3.85. The summed E-state index contributed by atoms with van der Waals surface area (Å²) in [5, 5.41) is 11.7. The predicted octanol–water partition coefficient (Wildman–Crippen LogP) is 4.50. The molecule has 1 aromatic carbocycles. The molecule has 0 radical (unpaired) electrons. The van der Waals surface area contributed by atoms with Crippen molar-refractivity contribution in [1.82, 2.24) is 10.2 Å². The SMILES string of the molecule is CCCc1nnc(N[C@@H](C)c2cc(F)cc(F)c2)c(C)c1C. The third kappa shape index (κ3) is 3.59. The lowest BCUT2D eigenvalue weighted by molar-refractivity contribution is 0.577. The number of benzene rings is 1. The molecule has 118 valence electrons. The van der Waals surface area contributed by atoms with Gasteiger partial charge < -0.3 is 5.32 Å². The zero-order chi connectivity index (χ0) is 16.3. The van der Waals surface area contributed by atoms with E-state index in [1.165, 1.54) is 12.1 Å². The first-order valence-electron chi connectivity index (χ1n) is 7.47. The van der Waals surface area contributed by atoms with Crippen molar-refractivity contribution in [1.29, 1.82) is 0 Å². The van der Waals surface area contributed by atoms with Crippen LogP contribution >= 0.6 is 0 Å². The average Bonchev–Trinajstić information content (AvgIpc) is 2.46. The molecule has 0 amide bonds. The van der Waals surface area contributed by atoms with E-state index >= 15 is 0 Å². The Labute approximate surface area is 129 Å². The van der Waals surface area contributed by atoms with Gasteiger partial charge in [-0.05, 0) is 56.0 Å². The topological polar surface area (TPSA) is 37.8 Å². The Bertz CT molecular complexity index is 651. The van der Waals surface area contributed by atoms with Crippen molar-refractivity contribution >= 4 is 5.82 Å². The molecule has 3 nitrogen and oxygen atoms in total. The smallest absolute Gasteiger partial charge is 0.152 e. The molecule has 0 aliphatic rings. The van der Waals surface area contributed by atoms with Gasteiger partial charge in [0.25, 0.3) is 0 Å². The van der Waals surface area contributed by atoms with Crippen LogP contribution in [0.15, 0.2) is 18.2 Å². The molecule has 0 fully saturated rings. The minimum atomic E-state index is -0.582. The van der Waals surface area contributed by atoms with Gasteiger partial charge in [0.15, 0.2) is 5.82 Å². The van der Waals surface area contributed by atoms with E-state index in [1.54, 1.807) is 0 Å². The Kier molecular flexibility index (Phi) is 5.06. The van der Waals surface area contributed by atoms with Crippen LogP contribution in [-0.2, 0) is 6.42 Å². The summed E-state index contributed by atoms with van der Waals surface area (Å²) in [6.45, 7) is 7.94. The van der Waals surface area contributed by atoms with E-state index in [1.807, 2.05) is 20.8 Å². The Balaban J connectivity index is 2.24. The van der Waals surface area contributed by atoms with Crippen molar-refractivity contribution in [3.8, 4) is 0 Å². The van der Waals surface area contributed by atoms with E-state index in [-0.39, 0.29) is 6.04 Å². The highest BCUT2D eigenvalue weighted by molar-refractivity contribution is 5.49. The van der Waals surface area contributed by atoms with Crippen molar-refractivity contribution in [3.05, 3.63) is 52.2 Å². The molecule has 1 aromatic heterocycles. The van der Waals surface area contributed by atoms with E-state index in [0.717, 1.165) is 35.7 Å². The summed E-state index contributed by atoms with van der Waals surface area (Å²) in [6.07, 6.45) is 1.91. The maximum atomic E-state index is 13.3. The minimum Gasteiger partial charge on any atom is -0.362 e. The molecule has 0 aliphatic heterocycles. The van der Waals surface area contributed by atoms with Crippen LogP contribution < -0.4 is 5.32 Å². The van der Waals surface area contributed by atoms with Gasteiger partial charge in [0, 0.05) is 6.07 Å². The van der Waals surface area contributed by atoms with Crippen LogP contribution in [0.1, 0.15) is 48.7 Å². The van der Waals surface area contributed by atoms with Gasteiger partial charge in [0.05, 0.1) is 11.7 Å². The Morgan fingerprint density at radius 2 is 1.68 bits per heavy atom. The van der Waals surface area contributed by atoms with Crippen LogP contribution in [0.3, 0.4) is 0 Å². The van der Waals surface area contributed by atoms with Gasteiger partial charge in [-0.2, -0.15) is 5.10 Å².